The Morgan fingerprint density at radius 3 is 2.48 bits per heavy atom. The van der Waals surface area contributed by atoms with Crippen LogP contribution in [0, 0.1) is 11.7 Å². The van der Waals surface area contributed by atoms with E-state index in [1.165, 1.54) is 17.7 Å². The van der Waals surface area contributed by atoms with E-state index in [-0.39, 0.29) is 29.2 Å². The van der Waals surface area contributed by atoms with Crippen LogP contribution < -0.4 is 0 Å². The molecule has 0 aromatic heterocycles. The molecule has 6 rings (SSSR count). The van der Waals surface area contributed by atoms with Crippen LogP contribution >= 0.6 is 0 Å². The first-order chi connectivity index (χ1) is 13.1. The zero-order valence-electron chi connectivity index (χ0n) is 15.1. The molecule has 4 aliphatic heterocycles. The van der Waals surface area contributed by atoms with Crippen molar-refractivity contribution < 1.29 is 14.3 Å². The number of amides is 1. The molecule has 0 unspecified atom stereocenters. The number of piperidine rings is 3. The minimum Gasteiger partial charge on any atom is -0.507 e. The van der Waals surface area contributed by atoms with Crippen molar-refractivity contribution in [3.05, 3.63) is 65.5 Å². The van der Waals surface area contributed by atoms with Gasteiger partial charge in [0.05, 0.1) is 11.6 Å². The van der Waals surface area contributed by atoms with E-state index in [2.05, 4.69) is 29.2 Å². The largest absolute Gasteiger partial charge is 0.507 e. The Labute approximate surface area is 158 Å². The summed E-state index contributed by atoms with van der Waals surface area (Å²) in [5, 5.41) is 10.1. The molecule has 4 fully saturated rings. The number of carbonyl (C=O) groups is 1. The van der Waals surface area contributed by atoms with E-state index in [0.717, 1.165) is 32.0 Å². The number of nitrogens with zero attached hydrogens (tertiary/aromatic N) is 2. The second-order valence-corrected chi connectivity index (χ2v) is 7.99. The van der Waals surface area contributed by atoms with Gasteiger partial charge in [0.2, 0.25) is 0 Å². The van der Waals surface area contributed by atoms with Crippen LogP contribution in [0.5, 0.6) is 5.75 Å². The lowest BCUT2D eigenvalue weighted by molar-refractivity contribution is -0.00348. The van der Waals surface area contributed by atoms with Gasteiger partial charge in [-0.3, -0.25) is 9.69 Å². The number of aromatic hydroxyl groups is 1. The Morgan fingerprint density at radius 2 is 1.78 bits per heavy atom. The van der Waals surface area contributed by atoms with Crippen LogP contribution in [0.15, 0.2) is 48.5 Å². The standard InChI is InChI=1S/C22H23FN2O2/c23-16-6-7-17(19(26)12-16)22(27)25-13-18(14-4-2-1-3-5-14)21-20(25)15-8-10-24(21)11-9-15/h1-7,12,15,18,20-21,26H,8-11,13H2/t18-,20+,21+/m1/s1. The number of carbonyl (C=O) groups excluding carboxylic acids is 1. The Morgan fingerprint density at radius 1 is 1.04 bits per heavy atom. The van der Waals surface area contributed by atoms with Gasteiger partial charge in [-0.05, 0) is 49.5 Å². The van der Waals surface area contributed by atoms with Gasteiger partial charge in [-0.2, -0.15) is 0 Å². The molecular formula is C22H23FN2O2. The smallest absolute Gasteiger partial charge is 0.257 e. The summed E-state index contributed by atoms with van der Waals surface area (Å²) in [5.41, 5.74) is 1.46. The van der Waals surface area contributed by atoms with Crippen LogP contribution in [0.25, 0.3) is 0 Å². The highest BCUT2D eigenvalue weighted by atomic mass is 19.1. The Bertz CT molecular complexity index is 864. The lowest BCUT2D eigenvalue weighted by Gasteiger charge is -2.51. The summed E-state index contributed by atoms with van der Waals surface area (Å²) in [5.74, 6) is -0.227. The number of phenols is 1. The number of hydrogen-bond acceptors (Lipinski definition) is 3. The summed E-state index contributed by atoms with van der Waals surface area (Å²) in [4.78, 5) is 17.8. The van der Waals surface area contributed by atoms with Gasteiger partial charge in [-0.15, -0.1) is 0 Å². The first kappa shape index (κ1) is 16.8. The van der Waals surface area contributed by atoms with Crippen LogP contribution in [0.1, 0.15) is 34.7 Å². The zero-order valence-corrected chi connectivity index (χ0v) is 15.1. The fraction of sp³-hybridized carbons (Fsp3) is 0.409. The molecule has 4 saturated heterocycles. The topological polar surface area (TPSA) is 43.8 Å². The molecule has 4 heterocycles. The fourth-order valence-electron chi connectivity index (χ4n) is 5.49. The normalized spacial score (nSPS) is 31.7. The molecule has 27 heavy (non-hydrogen) atoms. The summed E-state index contributed by atoms with van der Waals surface area (Å²) in [6, 6.07) is 14.6. The molecule has 0 aliphatic carbocycles. The third kappa shape index (κ3) is 2.64. The lowest BCUT2D eigenvalue weighted by Crippen LogP contribution is -2.60. The average Bonchev–Trinajstić information content (AvgIpc) is 3.12. The molecule has 4 aliphatic rings. The van der Waals surface area contributed by atoms with Gasteiger partial charge in [0.1, 0.15) is 11.6 Å². The monoisotopic (exact) mass is 366 g/mol. The van der Waals surface area contributed by atoms with Gasteiger partial charge in [0, 0.05) is 24.6 Å². The van der Waals surface area contributed by atoms with Crippen molar-refractivity contribution in [2.24, 2.45) is 5.92 Å². The third-order valence-electron chi connectivity index (χ3n) is 6.67. The maximum atomic E-state index is 13.4. The molecular weight excluding hydrogens is 343 g/mol. The van der Waals surface area contributed by atoms with Crippen molar-refractivity contribution in [2.45, 2.75) is 30.8 Å². The fourth-order valence-corrected chi connectivity index (χ4v) is 5.49. The molecule has 3 atom stereocenters. The van der Waals surface area contributed by atoms with Gasteiger partial charge < -0.3 is 10.0 Å². The Balaban J connectivity index is 1.53. The highest BCUT2D eigenvalue weighted by Gasteiger charge is 2.54. The molecule has 0 spiro atoms. The maximum Gasteiger partial charge on any atom is 0.257 e. The van der Waals surface area contributed by atoms with E-state index in [1.54, 1.807) is 0 Å². The van der Waals surface area contributed by atoms with Crippen LogP contribution in [0.2, 0.25) is 0 Å². The van der Waals surface area contributed by atoms with Crippen LogP contribution in [-0.4, -0.2) is 52.5 Å². The van der Waals surface area contributed by atoms with Crippen molar-refractivity contribution in [2.75, 3.05) is 19.6 Å². The zero-order chi connectivity index (χ0) is 18.5. The first-order valence-electron chi connectivity index (χ1n) is 9.72. The van der Waals surface area contributed by atoms with E-state index >= 15 is 0 Å². The molecule has 0 saturated carbocycles. The van der Waals surface area contributed by atoms with Crippen molar-refractivity contribution in [3.8, 4) is 5.75 Å². The molecule has 2 aromatic rings. The number of hydrogen-bond donors (Lipinski definition) is 1. The summed E-state index contributed by atoms with van der Waals surface area (Å²) in [6.07, 6.45) is 2.23. The van der Waals surface area contributed by atoms with Crippen molar-refractivity contribution in [3.63, 3.8) is 0 Å². The molecule has 1 amide bonds. The number of halogens is 1. The molecule has 2 bridgehead atoms. The third-order valence-corrected chi connectivity index (χ3v) is 6.67. The van der Waals surface area contributed by atoms with E-state index < -0.39 is 5.82 Å². The number of benzene rings is 2. The highest BCUT2D eigenvalue weighted by Crippen LogP contribution is 2.47. The van der Waals surface area contributed by atoms with E-state index in [4.69, 9.17) is 0 Å². The molecule has 4 nitrogen and oxygen atoms in total. The number of rotatable bonds is 2. The van der Waals surface area contributed by atoms with Gasteiger partial charge >= 0.3 is 0 Å². The van der Waals surface area contributed by atoms with Gasteiger partial charge in [-0.25, -0.2) is 4.39 Å². The quantitative estimate of drug-likeness (QED) is 0.887. The molecule has 5 heteroatoms. The summed E-state index contributed by atoms with van der Waals surface area (Å²) in [7, 11) is 0. The van der Waals surface area contributed by atoms with Crippen LogP contribution in [0.3, 0.4) is 0 Å². The number of phenolic OH excluding ortho intramolecular Hbond substituents is 1. The van der Waals surface area contributed by atoms with Crippen molar-refractivity contribution in [1.29, 1.82) is 0 Å². The van der Waals surface area contributed by atoms with Crippen LogP contribution in [0.4, 0.5) is 4.39 Å². The molecule has 2 aromatic carbocycles. The SMILES string of the molecule is O=C(c1ccc(F)cc1O)N1C[C@H](c2ccccc2)[C@H]2[C@@H]1C1CCN2CC1. The Kier molecular flexibility index (Phi) is 3.93. The molecule has 0 radical (unpaired) electrons. The number of fused-ring (bicyclic) bond motifs is 2. The van der Waals surface area contributed by atoms with Crippen LogP contribution in [-0.2, 0) is 0 Å². The minimum absolute atomic E-state index is 0.162. The predicted molar refractivity (Wildman–Crippen MR) is 100 cm³/mol. The average molecular weight is 366 g/mol. The van der Waals surface area contributed by atoms with Crippen molar-refractivity contribution >= 4 is 5.91 Å². The first-order valence-corrected chi connectivity index (χ1v) is 9.72. The highest BCUT2D eigenvalue weighted by molar-refractivity contribution is 5.97. The Hall–Kier alpha value is -2.40. The number of likely N-dealkylation sites (tertiary alicyclic amines) is 1. The van der Waals surface area contributed by atoms with E-state index in [9.17, 15) is 14.3 Å². The lowest BCUT2D eigenvalue weighted by atomic mass is 9.75. The summed E-state index contributed by atoms with van der Waals surface area (Å²) < 4.78 is 13.4. The van der Waals surface area contributed by atoms with Gasteiger partial charge in [0.25, 0.3) is 5.91 Å². The molecule has 1 N–H and O–H groups in total. The summed E-state index contributed by atoms with van der Waals surface area (Å²) in [6.45, 7) is 2.83. The van der Waals surface area contributed by atoms with Gasteiger partial charge in [-0.1, -0.05) is 30.3 Å². The second-order valence-electron chi connectivity index (χ2n) is 7.99. The summed E-state index contributed by atoms with van der Waals surface area (Å²) >= 11 is 0. The maximum absolute atomic E-state index is 13.4. The second kappa shape index (κ2) is 6.34. The van der Waals surface area contributed by atoms with Gasteiger partial charge in [0.15, 0.2) is 0 Å². The minimum atomic E-state index is -0.534. The van der Waals surface area contributed by atoms with E-state index in [0.29, 0.717) is 18.5 Å². The van der Waals surface area contributed by atoms with E-state index in [1.807, 2.05) is 11.0 Å². The predicted octanol–water partition coefficient (Wildman–Crippen LogP) is 3.23. The van der Waals surface area contributed by atoms with Crippen molar-refractivity contribution in [1.82, 2.24) is 9.80 Å². The molecule has 140 valence electrons.